The minimum Gasteiger partial charge on any atom is -0.309 e. The molecule has 0 unspecified atom stereocenters. The maximum atomic E-state index is 2.52. The fraction of sp³-hybridized carbons (Fsp3) is 0.0294. The van der Waals surface area contributed by atoms with Crippen molar-refractivity contribution in [1.82, 2.24) is 4.57 Å². The number of rotatable bonds is 4. The second kappa shape index (κ2) is 14.7. The first-order valence-electron chi connectivity index (χ1n) is 24.6. The molecule has 2 heteroatoms. The van der Waals surface area contributed by atoms with Gasteiger partial charge in [0.1, 0.15) is 8.07 Å². The van der Waals surface area contributed by atoms with Crippen molar-refractivity contribution in [3.63, 3.8) is 0 Å². The number of fused-ring (bicyclic) bond motifs is 12. The zero-order chi connectivity index (χ0) is 46.2. The third kappa shape index (κ3) is 5.54. The van der Waals surface area contributed by atoms with E-state index in [-0.39, 0.29) is 0 Å². The topological polar surface area (TPSA) is 4.93 Å². The molecule has 14 aromatic rings. The molecule has 13 aromatic carbocycles. The summed E-state index contributed by atoms with van der Waals surface area (Å²) in [5.41, 5.74) is 14.0. The van der Waals surface area contributed by atoms with Crippen molar-refractivity contribution in [2.45, 2.75) is 13.1 Å². The minimum absolute atomic E-state index is 1.17. The molecule has 1 aromatic heterocycles. The van der Waals surface area contributed by atoms with Crippen LogP contribution in [0.4, 0.5) is 0 Å². The van der Waals surface area contributed by atoms with Crippen molar-refractivity contribution in [2.24, 2.45) is 0 Å². The van der Waals surface area contributed by atoms with Crippen LogP contribution in [0.25, 0.3) is 137 Å². The lowest BCUT2D eigenvalue weighted by Crippen LogP contribution is -2.49. The lowest BCUT2D eigenvalue weighted by molar-refractivity contribution is 1.19. The van der Waals surface area contributed by atoms with Crippen LogP contribution in [0.15, 0.2) is 237 Å². The predicted molar refractivity (Wildman–Crippen MR) is 304 cm³/mol. The second-order valence-electron chi connectivity index (χ2n) is 19.9. The van der Waals surface area contributed by atoms with Crippen LogP contribution in [0.3, 0.4) is 0 Å². The van der Waals surface area contributed by atoms with E-state index in [4.69, 9.17) is 0 Å². The van der Waals surface area contributed by atoms with Gasteiger partial charge >= 0.3 is 0 Å². The van der Waals surface area contributed by atoms with Crippen LogP contribution in [0, 0.1) is 0 Å². The van der Waals surface area contributed by atoms with Gasteiger partial charge in [-0.1, -0.05) is 207 Å². The van der Waals surface area contributed by atoms with Gasteiger partial charge in [0.05, 0.1) is 11.0 Å². The highest BCUT2D eigenvalue weighted by atomic mass is 28.3. The van der Waals surface area contributed by atoms with Crippen LogP contribution < -0.4 is 10.4 Å². The van der Waals surface area contributed by atoms with Crippen LogP contribution in [-0.2, 0) is 0 Å². The SMILES string of the molecule is C[Si]1(C)c2ccc(-c3c4ccccc4c(-c4c5ccccc5c(-c5ccc6c(c5)c5ccccc5n6-c5ccc6ccccc6c5)c5ccccc45)c4ccccc34)cc2-c2cc3ccccc3cc21. The number of nitrogens with zero attached hydrogens (tertiary/aromatic N) is 1. The fourth-order valence-corrected chi connectivity index (χ4v) is 15.8. The van der Waals surface area contributed by atoms with Crippen LogP contribution in [0.5, 0.6) is 0 Å². The monoisotopic (exact) mass is 903 g/mol. The van der Waals surface area contributed by atoms with Gasteiger partial charge in [0, 0.05) is 16.5 Å². The molecule has 1 nitrogen and oxygen atoms in total. The van der Waals surface area contributed by atoms with Gasteiger partial charge in [-0.2, -0.15) is 0 Å². The van der Waals surface area contributed by atoms with Gasteiger partial charge in [-0.15, -0.1) is 0 Å². The smallest absolute Gasteiger partial charge is 0.113 e. The van der Waals surface area contributed by atoms with Gasteiger partial charge in [0.2, 0.25) is 0 Å². The van der Waals surface area contributed by atoms with Gasteiger partial charge in [0.15, 0.2) is 0 Å². The Kier molecular flexibility index (Phi) is 8.29. The summed E-state index contributed by atoms with van der Waals surface area (Å²) in [5.74, 6) is 0. The summed E-state index contributed by atoms with van der Waals surface area (Å²) >= 11 is 0. The largest absolute Gasteiger partial charge is 0.309 e. The highest BCUT2D eigenvalue weighted by Crippen LogP contribution is 2.51. The number of para-hydroxylation sites is 1. The Morgan fingerprint density at radius 2 is 0.686 bits per heavy atom. The van der Waals surface area contributed by atoms with Gasteiger partial charge in [-0.25, -0.2) is 0 Å². The first-order valence-corrected chi connectivity index (χ1v) is 27.6. The Bertz CT molecular complexity index is 4450. The molecule has 0 spiro atoms. The van der Waals surface area contributed by atoms with Gasteiger partial charge < -0.3 is 4.57 Å². The molecule has 0 amide bonds. The zero-order valence-electron chi connectivity index (χ0n) is 39.0. The molecule has 326 valence electrons. The summed E-state index contributed by atoms with van der Waals surface area (Å²) in [6, 6.07) is 89.3. The second-order valence-corrected chi connectivity index (χ2v) is 24.3. The summed E-state index contributed by atoms with van der Waals surface area (Å²) < 4.78 is 2.44. The Labute approximate surface area is 407 Å². The van der Waals surface area contributed by atoms with E-state index in [1.165, 1.54) is 142 Å². The molecule has 0 fully saturated rings. The van der Waals surface area contributed by atoms with Crippen LogP contribution >= 0.6 is 0 Å². The molecular weight excluding hydrogens is 859 g/mol. The van der Waals surface area contributed by atoms with E-state index in [0.717, 1.165) is 0 Å². The fourth-order valence-electron chi connectivity index (χ4n) is 12.7. The molecule has 0 N–H and O–H groups in total. The summed E-state index contributed by atoms with van der Waals surface area (Å²) in [5, 5.41) is 20.8. The first-order chi connectivity index (χ1) is 34.5. The van der Waals surface area contributed by atoms with E-state index in [2.05, 4.69) is 254 Å². The Hall–Kier alpha value is -8.56. The quantitative estimate of drug-likeness (QED) is 0.122. The molecule has 0 bridgehead atoms. The van der Waals surface area contributed by atoms with Crippen LogP contribution in [0.1, 0.15) is 0 Å². The van der Waals surface area contributed by atoms with Crippen molar-refractivity contribution >= 4 is 105 Å². The molecule has 0 saturated heterocycles. The van der Waals surface area contributed by atoms with Crippen molar-refractivity contribution in [2.75, 3.05) is 0 Å². The molecule has 1 aliphatic rings. The summed E-state index contributed by atoms with van der Waals surface area (Å²) in [6.45, 7) is 5.05. The van der Waals surface area contributed by atoms with E-state index in [1.54, 1.807) is 5.19 Å². The molecular formula is C68H45NSi. The van der Waals surface area contributed by atoms with E-state index < -0.39 is 8.07 Å². The summed E-state index contributed by atoms with van der Waals surface area (Å²) in [4.78, 5) is 0. The number of aromatic nitrogens is 1. The molecule has 0 aliphatic carbocycles. The Balaban J connectivity index is 0.969. The maximum Gasteiger partial charge on any atom is 0.113 e. The van der Waals surface area contributed by atoms with Crippen molar-refractivity contribution in [1.29, 1.82) is 0 Å². The van der Waals surface area contributed by atoms with Gasteiger partial charge in [0.25, 0.3) is 0 Å². The van der Waals surface area contributed by atoms with E-state index in [9.17, 15) is 0 Å². The average molecular weight is 904 g/mol. The third-order valence-corrected chi connectivity index (χ3v) is 19.4. The zero-order valence-corrected chi connectivity index (χ0v) is 40.0. The first kappa shape index (κ1) is 39.4. The van der Waals surface area contributed by atoms with Gasteiger partial charge in [-0.3, -0.25) is 0 Å². The highest BCUT2D eigenvalue weighted by molar-refractivity contribution is 7.04. The molecule has 0 atom stereocenters. The van der Waals surface area contributed by atoms with Gasteiger partial charge in [-0.05, 0) is 162 Å². The maximum absolute atomic E-state index is 2.52. The normalized spacial score (nSPS) is 13.1. The lowest BCUT2D eigenvalue weighted by atomic mass is 9.81. The van der Waals surface area contributed by atoms with Crippen molar-refractivity contribution in [3.8, 4) is 50.2 Å². The molecule has 1 aliphatic heterocycles. The average Bonchev–Trinajstić information content (AvgIpc) is 3.85. The highest BCUT2D eigenvalue weighted by Gasteiger charge is 2.38. The standard InChI is InChI=1S/C68H45NSi/c1-70(2)63-36-33-47(40-59(63)60-38-44-19-5-6-20-45(44)41-64(60)70)66-52-24-9-13-28-56(52)68(57-29-14-10-25-53(57)66)67-54-26-11-7-22-50(54)65(51-23-8-12-27-55(51)67)46-32-35-62-58(39-46)49-21-15-16-30-61(49)69(62)48-34-31-42-17-3-4-18-43(42)37-48/h3-41H,1-2H3. The lowest BCUT2D eigenvalue weighted by Gasteiger charge is -2.22. The Morgan fingerprint density at radius 3 is 1.26 bits per heavy atom. The molecule has 0 radical (unpaired) electrons. The van der Waals surface area contributed by atoms with E-state index >= 15 is 0 Å². The van der Waals surface area contributed by atoms with Crippen molar-refractivity contribution < 1.29 is 0 Å². The third-order valence-electron chi connectivity index (χ3n) is 15.9. The van der Waals surface area contributed by atoms with Crippen molar-refractivity contribution in [3.05, 3.63) is 237 Å². The molecule has 15 rings (SSSR count). The number of hydrogen-bond acceptors (Lipinski definition) is 0. The van der Waals surface area contributed by atoms with E-state index in [0.29, 0.717) is 0 Å². The van der Waals surface area contributed by atoms with E-state index in [1.807, 2.05) is 0 Å². The molecule has 70 heavy (non-hydrogen) atoms. The summed E-state index contributed by atoms with van der Waals surface area (Å²) in [7, 11) is -1.91. The van der Waals surface area contributed by atoms with Crippen LogP contribution in [0.2, 0.25) is 13.1 Å². The summed E-state index contributed by atoms with van der Waals surface area (Å²) in [6.07, 6.45) is 0. The number of hydrogen-bond donors (Lipinski definition) is 0. The Morgan fingerprint density at radius 1 is 0.271 bits per heavy atom. The predicted octanol–water partition coefficient (Wildman–Crippen LogP) is 17.5. The van der Waals surface area contributed by atoms with Crippen LogP contribution in [-0.4, -0.2) is 12.6 Å². The molecule has 0 saturated carbocycles. The minimum atomic E-state index is -1.91. The molecule has 2 heterocycles. The number of benzene rings is 13.